The molecule has 39 heavy (non-hydrogen) atoms. The number of anilines is 1. The summed E-state index contributed by atoms with van der Waals surface area (Å²) in [5, 5.41) is 9.57. The minimum Gasteiger partial charge on any atom is -0.494 e. The lowest BCUT2D eigenvalue weighted by atomic mass is 9.77. The molecule has 4 aliphatic heterocycles. The van der Waals surface area contributed by atoms with Crippen molar-refractivity contribution in [1.82, 2.24) is 9.80 Å². The predicted octanol–water partition coefficient (Wildman–Crippen LogP) is 2.54. The van der Waals surface area contributed by atoms with Gasteiger partial charge >= 0.3 is 0 Å². The Morgan fingerprint density at radius 3 is 2.54 bits per heavy atom. The fraction of sp³-hybridized carbons (Fsp3) is 0.567. The zero-order valence-electron chi connectivity index (χ0n) is 23.0. The Morgan fingerprint density at radius 2 is 1.85 bits per heavy atom. The summed E-state index contributed by atoms with van der Waals surface area (Å²) in [6, 6.07) is 6.47. The second-order valence-corrected chi connectivity index (χ2v) is 10.8. The van der Waals surface area contributed by atoms with E-state index in [0.29, 0.717) is 31.8 Å². The quantitative estimate of drug-likeness (QED) is 0.486. The van der Waals surface area contributed by atoms with Crippen LogP contribution in [0.15, 0.2) is 48.6 Å². The number of carbonyl (C=O) groups excluding carboxylic acids is 3. The van der Waals surface area contributed by atoms with Crippen LogP contribution in [0.3, 0.4) is 0 Å². The smallest absolute Gasteiger partial charge is 0.249 e. The number of carbonyl (C=O) groups is 3. The van der Waals surface area contributed by atoms with E-state index >= 15 is 0 Å². The van der Waals surface area contributed by atoms with Gasteiger partial charge in [0.25, 0.3) is 0 Å². The molecule has 0 saturated carbocycles. The topological polar surface area (TPSA) is 99.6 Å². The second-order valence-electron chi connectivity index (χ2n) is 10.8. The summed E-state index contributed by atoms with van der Waals surface area (Å²) in [6.45, 7) is 7.47. The number of nitrogens with zero attached hydrogens (tertiary/aromatic N) is 3. The number of fused-ring (bicyclic) bond motifs is 2. The van der Waals surface area contributed by atoms with Crippen LogP contribution in [0, 0.1) is 11.8 Å². The molecule has 2 saturated heterocycles. The third kappa shape index (κ3) is 4.55. The summed E-state index contributed by atoms with van der Waals surface area (Å²) in [5.41, 5.74) is -0.539. The number of aliphatic hydroxyl groups is 1. The van der Waals surface area contributed by atoms with Gasteiger partial charge in [0.2, 0.25) is 17.7 Å². The summed E-state index contributed by atoms with van der Waals surface area (Å²) in [6.07, 6.45) is 9.05. The van der Waals surface area contributed by atoms with E-state index in [2.05, 4.69) is 6.92 Å². The van der Waals surface area contributed by atoms with E-state index in [9.17, 15) is 19.5 Å². The van der Waals surface area contributed by atoms with Gasteiger partial charge in [-0.2, -0.15) is 0 Å². The van der Waals surface area contributed by atoms with Crippen molar-refractivity contribution in [3.05, 3.63) is 48.6 Å². The van der Waals surface area contributed by atoms with Crippen molar-refractivity contribution in [2.24, 2.45) is 11.8 Å². The third-order valence-electron chi connectivity index (χ3n) is 8.44. The van der Waals surface area contributed by atoms with E-state index in [0.717, 1.165) is 18.6 Å². The maximum absolute atomic E-state index is 14.2. The van der Waals surface area contributed by atoms with Crippen LogP contribution in [-0.2, 0) is 19.1 Å². The first-order chi connectivity index (χ1) is 18.9. The van der Waals surface area contributed by atoms with Crippen molar-refractivity contribution in [1.29, 1.82) is 0 Å². The average molecular weight is 538 g/mol. The third-order valence-corrected chi connectivity index (χ3v) is 8.44. The van der Waals surface area contributed by atoms with Crippen molar-refractivity contribution in [2.75, 3.05) is 37.7 Å². The van der Waals surface area contributed by atoms with Crippen molar-refractivity contribution < 1.29 is 29.0 Å². The molecule has 3 amide bonds. The van der Waals surface area contributed by atoms with E-state index in [4.69, 9.17) is 9.47 Å². The van der Waals surface area contributed by atoms with Gasteiger partial charge < -0.3 is 29.3 Å². The first-order valence-corrected chi connectivity index (χ1v) is 14.2. The Kier molecular flexibility index (Phi) is 7.82. The molecule has 1 aromatic rings. The molecule has 1 aromatic carbocycles. The van der Waals surface area contributed by atoms with Crippen LogP contribution < -0.4 is 9.64 Å². The van der Waals surface area contributed by atoms with E-state index in [1.807, 2.05) is 67.3 Å². The summed E-state index contributed by atoms with van der Waals surface area (Å²) in [4.78, 5) is 47.5. The fourth-order valence-electron chi connectivity index (χ4n) is 6.73. The van der Waals surface area contributed by atoms with Crippen molar-refractivity contribution >= 4 is 23.4 Å². The van der Waals surface area contributed by atoms with Gasteiger partial charge in [-0.3, -0.25) is 14.4 Å². The lowest BCUT2D eigenvalue weighted by molar-refractivity contribution is -0.148. The highest BCUT2D eigenvalue weighted by Crippen LogP contribution is 2.53. The van der Waals surface area contributed by atoms with Gasteiger partial charge in [-0.25, -0.2) is 0 Å². The maximum atomic E-state index is 14.2. The number of aliphatic hydroxyl groups excluding tert-OH is 1. The molecular weight excluding hydrogens is 498 g/mol. The molecule has 9 heteroatoms. The molecule has 5 rings (SSSR count). The van der Waals surface area contributed by atoms with Gasteiger partial charge in [-0.1, -0.05) is 37.6 Å². The molecule has 0 aliphatic carbocycles. The van der Waals surface area contributed by atoms with Crippen LogP contribution in [0.25, 0.3) is 0 Å². The number of amides is 3. The van der Waals surface area contributed by atoms with Crippen LogP contribution in [0.5, 0.6) is 5.75 Å². The molecule has 4 heterocycles. The highest BCUT2D eigenvalue weighted by atomic mass is 16.5. The van der Waals surface area contributed by atoms with Crippen LogP contribution in [0.4, 0.5) is 5.69 Å². The van der Waals surface area contributed by atoms with E-state index in [1.54, 1.807) is 9.80 Å². The number of benzene rings is 1. The Morgan fingerprint density at radius 1 is 1.08 bits per heavy atom. The van der Waals surface area contributed by atoms with Gasteiger partial charge in [0, 0.05) is 38.0 Å². The summed E-state index contributed by atoms with van der Waals surface area (Å²) >= 11 is 0. The Bertz CT molecular complexity index is 1150. The van der Waals surface area contributed by atoms with Crippen LogP contribution >= 0.6 is 0 Å². The molecule has 0 bridgehead atoms. The molecule has 2 fully saturated rings. The van der Waals surface area contributed by atoms with Gasteiger partial charge in [0.15, 0.2) is 0 Å². The standard InChI is InChI=1S/C30H39N3O6/c1-4-9-20(3)31-17-7-15-30-25(28(36)33(18-8-19-34)26(30)29(31)37)24-23(39-30)10-6-16-32(27(24)35)21-11-13-22(14-12-21)38-5-2/h6-7,10-15,20,23-26,34H,4-5,8-9,16-19H2,1-3H3/t20?,23-,24+,25-,26?,30-/m0/s1. The lowest BCUT2D eigenvalue weighted by Gasteiger charge is -2.37. The summed E-state index contributed by atoms with van der Waals surface area (Å²) in [7, 11) is 0. The largest absolute Gasteiger partial charge is 0.494 e. The van der Waals surface area contributed by atoms with Gasteiger partial charge in [0.1, 0.15) is 17.4 Å². The highest BCUT2D eigenvalue weighted by molar-refractivity contribution is 6.03. The molecule has 6 atom stereocenters. The molecule has 210 valence electrons. The van der Waals surface area contributed by atoms with E-state index in [-0.39, 0.29) is 36.9 Å². The van der Waals surface area contributed by atoms with Crippen molar-refractivity contribution in [2.45, 2.75) is 63.8 Å². The summed E-state index contributed by atoms with van der Waals surface area (Å²) in [5.74, 6) is -1.52. The SMILES string of the molecule is CCCC(C)N1CC=C[C@]23O[C@H]4C=CCN(c5ccc(OCC)cc5)C(=O)[C@H]4[C@H]2C(=O)N(CCCO)C3C1=O. The van der Waals surface area contributed by atoms with E-state index in [1.165, 1.54) is 0 Å². The number of hydrogen-bond acceptors (Lipinski definition) is 6. The molecule has 1 N–H and O–H groups in total. The summed E-state index contributed by atoms with van der Waals surface area (Å²) < 4.78 is 12.2. The highest BCUT2D eigenvalue weighted by Gasteiger charge is 2.71. The maximum Gasteiger partial charge on any atom is 0.249 e. The second kappa shape index (κ2) is 11.1. The molecule has 4 aliphatic rings. The van der Waals surface area contributed by atoms with Gasteiger partial charge in [-0.15, -0.1) is 0 Å². The molecule has 2 unspecified atom stereocenters. The Hall–Kier alpha value is -3.17. The lowest BCUT2D eigenvalue weighted by Crippen LogP contribution is -2.56. The molecule has 0 radical (unpaired) electrons. The molecule has 9 nitrogen and oxygen atoms in total. The normalized spacial score (nSPS) is 30.7. The Balaban J connectivity index is 1.53. The van der Waals surface area contributed by atoms with Crippen LogP contribution in [-0.4, -0.2) is 89.3 Å². The van der Waals surface area contributed by atoms with Crippen LogP contribution in [0.1, 0.15) is 40.0 Å². The van der Waals surface area contributed by atoms with Crippen LogP contribution in [0.2, 0.25) is 0 Å². The minimum absolute atomic E-state index is 0.000275. The zero-order chi connectivity index (χ0) is 27.7. The fourth-order valence-corrected chi connectivity index (χ4v) is 6.73. The number of hydrogen-bond donors (Lipinski definition) is 1. The van der Waals surface area contributed by atoms with Gasteiger partial charge in [0.05, 0.1) is 24.5 Å². The Labute approximate surface area is 230 Å². The molecular formula is C30H39N3O6. The van der Waals surface area contributed by atoms with E-state index < -0.39 is 29.6 Å². The first kappa shape index (κ1) is 27.4. The number of ether oxygens (including phenoxy) is 2. The predicted molar refractivity (Wildman–Crippen MR) is 146 cm³/mol. The minimum atomic E-state index is -1.25. The molecule has 1 spiro atoms. The average Bonchev–Trinajstić information content (AvgIpc) is 3.23. The van der Waals surface area contributed by atoms with Crippen molar-refractivity contribution in [3.63, 3.8) is 0 Å². The zero-order valence-corrected chi connectivity index (χ0v) is 23.0. The first-order valence-electron chi connectivity index (χ1n) is 14.2. The molecule has 0 aromatic heterocycles. The monoisotopic (exact) mass is 537 g/mol. The van der Waals surface area contributed by atoms with Crippen molar-refractivity contribution in [3.8, 4) is 5.75 Å². The van der Waals surface area contributed by atoms with Gasteiger partial charge in [-0.05, 0) is 51.0 Å². The number of likely N-dealkylation sites (tertiary alicyclic amines) is 1. The number of rotatable bonds is 9.